The van der Waals surface area contributed by atoms with Crippen molar-refractivity contribution in [2.75, 3.05) is 51.2 Å². The summed E-state index contributed by atoms with van der Waals surface area (Å²) in [6.07, 6.45) is 1.54. The first kappa shape index (κ1) is 29.2. The van der Waals surface area contributed by atoms with E-state index in [9.17, 15) is 19.5 Å². The smallest absolute Gasteiger partial charge is 0.354 e. The third kappa shape index (κ3) is 6.06. The van der Waals surface area contributed by atoms with E-state index >= 15 is 0 Å². The van der Waals surface area contributed by atoms with Crippen molar-refractivity contribution in [1.29, 1.82) is 0 Å². The molecule has 6 N–H and O–H groups in total. The number of nitrogens with two attached hydrogens (primary N) is 2. The van der Waals surface area contributed by atoms with Crippen LogP contribution in [0.2, 0.25) is 5.02 Å². The van der Waals surface area contributed by atoms with Gasteiger partial charge in [-0.1, -0.05) is 17.7 Å². The fourth-order valence-electron chi connectivity index (χ4n) is 5.24. The highest BCUT2D eigenvalue weighted by Gasteiger charge is 2.53. The normalized spacial score (nSPS) is 24.0. The molecule has 5 rings (SSSR count). The van der Waals surface area contributed by atoms with Crippen LogP contribution in [-0.2, 0) is 11.3 Å². The highest BCUT2D eigenvalue weighted by Crippen LogP contribution is 2.44. The number of amides is 3. The van der Waals surface area contributed by atoms with Crippen LogP contribution in [0, 0.1) is 11.8 Å². The van der Waals surface area contributed by atoms with Gasteiger partial charge in [-0.25, -0.2) is 9.59 Å². The molecule has 3 atom stereocenters. The molecule has 2 unspecified atom stereocenters. The Kier molecular flexibility index (Phi) is 8.55. The van der Waals surface area contributed by atoms with Gasteiger partial charge in [-0.15, -0.1) is 12.4 Å². The van der Waals surface area contributed by atoms with Gasteiger partial charge in [0.15, 0.2) is 0 Å². The van der Waals surface area contributed by atoms with E-state index in [1.54, 1.807) is 18.3 Å². The van der Waals surface area contributed by atoms with Crippen molar-refractivity contribution in [2.24, 2.45) is 23.3 Å². The average Bonchev–Trinajstić information content (AvgIpc) is 3.29. The van der Waals surface area contributed by atoms with Crippen LogP contribution in [0.3, 0.4) is 0 Å². The number of piperazine rings is 1. The molecule has 3 fully saturated rings. The van der Waals surface area contributed by atoms with Gasteiger partial charge >= 0.3 is 11.7 Å². The van der Waals surface area contributed by atoms with Crippen molar-refractivity contribution < 1.29 is 14.7 Å². The molecule has 39 heavy (non-hydrogen) atoms. The quantitative estimate of drug-likeness (QED) is 0.373. The number of carbonyl (C=O) groups is 2. The topological polar surface area (TPSA) is 163 Å². The second-order valence-electron chi connectivity index (χ2n) is 10.6. The van der Waals surface area contributed by atoms with Crippen LogP contribution in [0.15, 0.2) is 35.3 Å². The SMILES string of the molecule is C[C@](N)(CO)C(=O)N1CCN(C(=O)Nc2ccn(-c3ccc(CN4CC5C(N)C5C4)c(Cl)c3)c(=O)n2)CC1.Cl. The number of hydrogen-bond acceptors (Lipinski definition) is 8. The van der Waals surface area contributed by atoms with Crippen LogP contribution >= 0.6 is 24.0 Å². The second kappa shape index (κ2) is 11.4. The number of aliphatic hydroxyl groups excluding tert-OH is 1. The van der Waals surface area contributed by atoms with Gasteiger partial charge in [0, 0.05) is 63.1 Å². The number of anilines is 1. The molecular weight excluding hydrogens is 547 g/mol. The van der Waals surface area contributed by atoms with E-state index in [4.69, 9.17) is 23.1 Å². The van der Waals surface area contributed by atoms with Crippen molar-refractivity contribution >= 4 is 41.8 Å². The monoisotopic (exact) mass is 580 g/mol. The number of hydrogen-bond donors (Lipinski definition) is 4. The second-order valence-corrected chi connectivity index (χ2v) is 11.0. The first-order chi connectivity index (χ1) is 18.1. The Labute approximate surface area is 237 Å². The van der Waals surface area contributed by atoms with Crippen LogP contribution in [0.25, 0.3) is 5.69 Å². The number of urea groups is 1. The summed E-state index contributed by atoms with van der Waals surface area (Å²) in [6.45, 7) is 4.88. The van der Waals surface area contributed by atoms with Gasteiger partial charge in [0.25, 0.3) is 0 Å². The molecule has 0 bridgehead atoms. The van der Waals surface area contributed by atoms with Crippen LogP contribution in [0.5, 0.6) is 0 Å². The molecule has 1 saturated carbocycles. The van der Waals surface area contributed by atoms with E-state index in [2.05, 4.69) is 15.2 Å². The Balaban J connectivity index is 0.00000353. The standard InChI is InChI=1S/C25H33ClN8O4.ClH/c1-25(28,14-35)22(36)32-6-8-33(9-7-32)23(37)29-20-4-5-34(24(38)30-20)16-3-2-15(19(26)10-16)11-31-12-17-18(13-31)21(17)27;/h2-5,10,17-18,21,35H,6-9,11-14,27-28H2,1H3,(H,29,30,37,38);1H/t17?,18?,21?,25-;/m0./s1. The molecule has 3 aliphatic rings. The van der Waals surface area contributed by atoms with E-state index in [0.717, 1.165) is 25.2 Å². The molecule has 3 heterocycles. The highest BCUT2D eigenvalue weighted by molar-refractivity contribution is 6.31. The number of fused-ring (bicyclic) bond motifs is 1. The minimum absolute atomic E-state index is 0. The van der Waals surface area contributed by atoms with Gasteiger partial charge in [-0.3, -0.25) is 19.6 Å². The van der Waals surface area contributed by atoms with E-state index in [0.29, 0.717) is 28.6 Å². The maximum absolute atomic E-state index is 12.7. The summed E-state index contributed by atoms with van der Waals surface area (Å²) in [7, 11) is 0. The number of likely N-dealkylation sites (tertiary alicyclic amines) is 1. The highest BCUT2D eigenvalue weighted by atomic mass is 35.5. The lowest BCUT2D eigenvalue weighted by Crippen LogP contribution is -2.60. The number of halogens is 2. The average molecular weight is 582 g/mol. The van der Waals surface area contributed by atoms with Gasteiger partial charge in [0.2, 0.25) is 5.91 Å². The first-order valence-electron chi connectivity index (χ1n) is 12.7. The van der Waals surface area contributed by atoms with Gasteiger partial charge in [0.1, 0.15) is 11.4 Å². The lowest BCUT2D eigenvalue weighted by Gasteiger charge is -2.37. The Bertz CT molecular complexity index is 1290. The molecule has 1 aromatic heterocycles. The summed E-state index contributed by atoms with van der Waals surface area (Å²) in [5, 5.41) is 12.5. The molecule has 212 valence electrons. The summed E-state index contributed by atoms with van der Waals surface area (Å²) >= 11 is 6.54. The Morgan fingerprint density at radius 1 is 1.15 bits per heavy atom. The van der Waals surface area contributed by atoms with Gasteiger partial charge in [-0.2, -0.15) is 4.98 Å². The van der Waals surface area contributed by atoms with Gasteiger partial charge in [0.05, 0.1) is 12.3 Å². The lowest BCUT2D eigenvalue weighted by molar-refractivity contribution is -0.139. The third-order valence-corrected chi connectivity index (χ3v) is 8.11. The predicted molar refractivity (Wildman–Crippen MR) is 149 cm³/mol. The van der Waals surface area contributed by atoms with Crippen LogP contribution in [0.4, 0.5) is 10.6 Å². The number of aromatic nitrogens is 2. The number of rotatable bonds is 6. The van der Waals surface area contributed by atoms with E-state index in [1.807, 2.05) is 12.1 Å². The van der Waals surface area contributed by atoms with Crippen molar-refractivity contribution in [2.45, 2.75) is 25.0 Å². The maximum Gasteiger partial charge on any atom is 0.354 e. The zero-order chi connectivity index (χ0) is 27.2. The Morgan fingerprint density at radius 2 is 1.79 bits per heavy atom. The van der Waals surface area contributed by atoms with Crippen LogP contribution < -0.4 is 22.5 Å². The van der Waals surface area contributed by atoms with Gasteiger partial charge in [-0.05, 0) is 42.5 Å². The Hall–Kier alpha value is -2.74. The molecule has 0 spiro atoms. The number of aliphatic hydroxyl groups is 1. The van der Waals surface area contributed by atoms with E-state index < -0.39 is 23.9 Å². The summed E-state index contributed by atoms with van der Waals surface area (Å²) in [5.41, 5.74) is 11.5. The fraction of sp³-hybridized carbons (Fsp3) is 0.520. The molecule has 2 saturated heterocycles. The van der Waals surface area contributed by atoms with Gasteiger partial charge < -0.3 is 26.4 Å². The molecule has 12 nitrogen and oxygen atoms in total. The van der Waals surface area contributed by atoms with Crippen molar-refractivity contribution in [3.05, 3.63) is 51.5 Å². The molecule has 1 aliphatic carbocycles. The third-order valence-electron chi connectivity index (χ3n) is 7.75. The molecule has 1 aromatic carbocycles. The minimum atomic E-state index is -1.36. The van der Waals surface area contributed by atoms with Crippen LogP contribution in [0.1, 0.15) is 12.5 Å². The summed E-state index contributed by atoms with van der Waals surface area (Å²) < 4.78 is 1.37. The number of carbonyl (C=O) groups excluding carboxylic acids is 2. The molecule has 0 radical (unpaired) electrons. The molecule has 3 amide bonds. The predicted octanol–water partition coefficient (Wildman–Crippen LogP) is 0.0824. The molecule has 2 aromatic rings. The lowest BCUT2D eigenvalue weighted by atomic mass is 10.0. The van der Waals surface area contributed by atoms with Crippen molar-refractivity contribution in [1.82, 2.24) is 24.3 Å². The first-order valence-corrected chi connectivity index (χ1v) is 13.1. The van der Waals surface area contributed by atoms with E-state index in [1.165, 1.54) is 21.3 Å². The van der Waals surface area contributed by atoms with E-state index in [-0.39, 0.29) is 50.3 Å². The number of nitrogens with one attached hydrogen (secondary N) is 1. The summed E-state index contributed by atoms with van der Waals surface area (Å²) in [6, 6.07) is 6.95. The van der Waals surface area contributed by atoms with Crippen molar-refractivity contribution in [3.63, 3.8) is 0 Å². The fourth-order valence-corrected chi connectivity index (χ4v) is 5.48. The molecular formula is C25H34Cl2N8O4. The summed E-state index contributed by atoms with van der Waals surface area (Å²) in [4.78, 5) is 47.2. The largest absolute Gasteiger partial charge is 0.394 e. The Morgan fingerprint density at radius 3 is 2.38 bits per heavy atom. The number of nitrogens with zero attached hydrogens (tertiary/aromatic N) is 5. The zero-order valence-corrected chi connectivity index (χ0v) is 23.2. The zero-order valence-electron chi connectivity index (χ0n) is 21.6. The number of piperidine rings is 1. The minimum Gasteiger partial charge on any atom is -0.394 e. The molecule has 2 aliphatic heterocycles. The summed E-state index contributed by atoms with van der Waals surface area (Å²) in [5.74, 6) is 0.962. The number of benzene rings is 1. The molecule has 14 heteroatoms. The maximum atomic E-state index is 12.7. The van der Waals surface area contributed by atoms with Crippen molar-refractivity contribution in [3.8, 4) is 5.69 Å². The van der Waals surface area contributed by atoms with Crippen LogP contribution in [-0.4, -0.2) is 98.8 Å².